The van der Waals surface area contributed by atoms with Crippen molar-refractivity contribution < 1.29 is 9.13 Å². The standard InChI is InChI=1S/C23H22FN7O/c1-14-17(24)7-6-16-19(12-27-31-22(14)16)28-21-8-9-26-23(30-21)29-18-5-3-2-4-15(18)20-13-32-11-10-25-20/h2-9,12,20,25H,10-11,13H2,1H3,(H2,26,28,29,30,31). The predicted octanol–water partition coefficient (Wildman–Crippen LogP) is 4.02. The van der Waals surface area contributed by atoms with Gasteiger partial charge in [-0.1, -0.05) is 18.2 Å². The summed E-state index contributed by atoms with van der Waals surface area (Å²) in [5, 5.41) is 18.9. The molecule has 4 aromatic rings. The van der Waals surface area contributed by atoms with E-state index in [-0.39, 0.29) is 11.9 Å². The van der Waals surface area contributed by atoms with Gasteiger partial charge < -0.3 is 20.7 Å². The number of hydrogen-bond donors (Lipinski definition) is 3. The fraction of sp³-hybridized carbons (Fsp3) is 0.217. The molecule has 5 rings (SSSR count). The zero-order chi connectivity index (χ0) is 21.9. The van der Waals surface area contributed by atoms with Crippen molar-refractivity contribution >= 4 is 34.0 Å². The summed E-state index contributed by atoms with van der Waals surface area (Å²) >= 11 is 0. The molecule has 0 radical (unpaired) electrons. The molecule has 1 aliphatic heterocycles. The van der Waals surface area contributed by atoms with Gasteiger partial charge >= 0.3 is 0 Å². The van der Waals surface area contributed by atoms with Gasteiger partial charge in [-0.05, 0) is 36.8 Å². The maximum Gasteiger partial charge on any atom is 0.229 e. The van der Waals surface area contributed by atoms with Gasteiger partial charge in [-0.25, -0.2) is 9.37 Å². The number of nitrogens with zero attached hydrogens (tertiary/aromatic N) is 4. The van der Waals surface area contributed by atoms with Crippen molar-refractivity contribution in [3.8, 4) is 0 Å². The van der Waals surface area contributed by atoms with E-state index in [1.807, 2.05) is 18.2 Å². The topological polar surface area (TPSA) is 96.9 Å². The van der Waals surface area contributed by atoms with Crippen molar-refractivity contribution in [2.24, 2.45) is 0 Å². The van der Waals surface area contributed by atoms with E-state index in [2.05, 4.69) is 42.2 Å². The number of benzene rings is 2. The van der Waals surface area contributed by atoms with Gasteiger partial charge in [0.1, 0.15) is 17.2 Å². The van der Waals surface area contributed by atoms with E-state index in [9.17, 15) is 4.39 Å². The minimum absolute atomic E-state index is 0.103. The van der Waals surface area contributed by atoms with Gasteiger partial charge in [-0.2, -0.15) is 10.1 Å². The molecule has 1 aliphatic rings. The fourth-order valence-corrected chi connectivity index (χ4v) is 3.76. The molecule has 0 bridgehead atoms. The molecule has 9 heteroatoms. The highest BCUT2D eigenvalue weighted by Crippen LogP contribution is 2.29. The number of para-hydroxylation sites is 1. The average Bonchev–Trinajstić information content (AvgIpc) is 2.83. The van der Waals surface area contributed by atoms with Crippen LogP contribution in [0.4, 0.5) is 27.5 Å². The third-order valence-corrected chi connectivity index (χ3v) is 5.42. The average molecular weight is 431 g/mol. The number of morpholine rings is 1. The number of nitrogens with one attached hydrogen (secondary N) is 3. The second-order valence-corrected chi connectivity index (χ2v) is 7.51. The summed E-state index contributed by atoms with van der Waals surface area (Å²) in [5.41, 5.74) is 3.66. The number of aryl methyl sites for hydroxylation is 1. The third-order valence-electron chi connectivity index (χ3n) is 5.42. The summed E-state index contributed by atoms with van der Waals surface area (Å²) in [6, 6.07) is 13.0. The zero-order valence-corrected chi connectivity index (χ0v) is 17.5. The molecule has 32 heavy (non-hydrogen) atoms. The highest BCUT2D eigenvalue weighted by atomic mass is 19.1. The Morgan fingerprint density at radius 3 is 2.88 bits per heavy atom. The zero-order valence-electron chi connectivity index (χ0n) is 17.5. The second kappa shape index (κ2) is 8.81. The Hall–Kier alpha value is -3.69. The molecule has 0 saturated carbocycles. The fourth-order valence-electron chi connectivity index (χ4n) is 3.76. The van der Waals surface area contributed by atoms with Gasteiger partial charge in [0.05, 0.1) is 31.1 Å². The van der Waals surface area contributed by atoms with Crippen LogP contribution in [0, 0.1) is 12.7 Å². The Morgan fingerprint density at radius 2 is 2.00 bits per heavy atom. The predicted molar refractivity (Wildman–Crippen MR) is 121 cm³/mol. The number of ether oxygens (including phenoxy) is 1. The Bertz CT molecular complexity index is 1260. The number of anilines is 4. The Kier molecular flexibility index (Phi) is 5.57. The molecule has 162 valence electrons. The van der Waals surface area contributed by atoms with E-state index in [0.717, 1.165) is 23.2 Å². The van der Waals surface area contributed by atoms with E-state index >= 15 is 0 Å². The lowest BCUT2D eigenvalue weighted by Crippen LogP contribution is -2.34. The van der Waals surface area contributed by atoms with E-state index in [0.29, 0.717) is 41.7 Å². The van der Waals surface area contributed by atoms with Crippen LogP contribution in [-0.4, -0.2) is 39.9 Å². The molecule has 1 atom stereocenters. The van der Waals surface area contributed by atoms with Crippen LogP contribution in [0.1, 0.15) is 17.2 Å². The van der Waals surface area contributed by atoms with Crippen LogP contribution in [0.5, 0.6) is 0 Å². The van der Waals surface area contributed by atoms with Crippen LogP contribution in [0.2, 0.25) is 0 Å². The maximum atomic E-state index is 13.9. The Labute approximate surface area is 184 Å². The number of rotatable bonds is 5. The van der Waals surface area contributed by atoms with Gasteiger partial charge in [-0.15, -0.1) is 5.10 Å². The number of fused-ring (bicyclic) bond motifs is 1. The molecule has 8 nitrogen and oxygen atoms in total. The third kappa shape index (κ3) is 4.08. The number of aromatic nitrogens is 4. The molecular formula is C23H22FN7O. The van der Waals surface area contributed by atoms with Crippen LogP contribution >= 0.6 is 0 Å². The number of hydrogen-bond acceptors (Lipinski definition) is 8. The van der Waals surface area contributed by atoms with Crippen molar-refractivity contribution in [1.29, 1.82) is 0 Å². The second-order valence-electron chi connectivity index (χ2n) is 7.51. The minimum atomic E-state index is -0.311. The van der Waals surface area contributed by atoms with Crippen molar-refractivity contribution in [2.45, 2.75) is 13.0 Å². The molecule has 2 aromatic carbocycles. The van der Waals surface area contributed by atoms with Crippen molar-refractivity contribution in [1.82, 2.24) is 25.5 Å². The highest BCUT2D eigenvalue weighted by Gasteiger charge is 2.18. The molecule has 2 aromatic heterocycles. The molecule has 1 unspecified atom stereocenters. The first-order valence-corrected chi connectivity index (χ1v) is 10.4. The quantitative estimate of drug-likeness (QED) is 0.436. The monoisotopic (exact) mass is 431 g/mol. The molecule has 1 fully saturated rings. The van der Waals surface area contributed by atoms with Gasteiger partial charge in [-0.3, -0.25) is 0 Å². The van der Waals surface area contributed by atoms with Crippen LogP contribution in [0.3, 0.4) is 0 Å². The van der Waals surface area contributed by atoms with Gasteiger partial charge in [0.15, 0.2) is 0 Å². The SMILES string of the molecule is Cc1c(F)ccc2c(Nc3ccnc(Nc4ccccc4C4COCCN4)n3)cnnc12. The molecule has 0 spiro atoms. The first-order chi connectivity index (χ1) is 15.7. The van der Waals surface area contributed by atoms with Crippen LogP contribution in [0.25, 0.3) is 10.9 Å². The largest absolute Gasteiger partial charge is 0.378 e. The van der Waals surface area contributed by atoms with Crippen molar-refractivity contribution in [2.75, 3.05) is 30.4 Å². The first kappa shape index (κ1) is 20.2. The minimum Gasteiger partial charge on any atom is -0.378 e. The summed E-state index contributed by atoms with van der Waals surface area (Å²) in [6.07, 6.45) is 3.27. The highest BCUT2D eigenvalue weighted by molar-refractivity contribution is 5.93. The van der Waals surface area contributed by atoms with Crippen LogP contribution in [-0.2, 0) is 4.74 Å². The van der Waals surface area contributed by atoms with E-state index < -0.39 is 0 Å². The lowest BCUT2D eigenvalue weighted by molar-refractivity contribution is 0.0771. The van der Waals surface area contributed by atoms with Gasteiger partial charge in [0.2, 0.25) is 5.95 Å². The van der Waals surface area contributed by atoms with Gasteiger partial charge in [0.25, 0.3) is 0 Å². The normalized spacial score (nSPS) is 16.1. The van der Waals surface area contributed by atoms with Crippen molar-refractivity contribution in [3.63, 3.8) is 0 Å². The maximum absolute atomic E-state index is 13.9. The van der Waals surface area contributed by atoms with Crippen molar-refractivity contribution in [3.05, 3.63) is 71.8 Å². The van der Waals surface area contributed by atoms with E-state index in [4.69, 9.17) is 4.74 Å². The Morgan fingerprint density at radius 1 is 1.09 bits per heavy atom. The Balaban J connectivity index is 1.41. The van der Waals surface area contributed by atoms with Gasteiger partial charge in [0, 0.05) is 29.4 Å². The summed E-state index contributed by atoms with van der Waals surface area (Å²) in [6.45, 7) is 3.83. The van der Waals surface area contributed by atoms with E-state index in [1.54, 1.807) is 31.5 Å². The van der Waals surface area contributed by atoms with Crippen LogP contribution in [0.15, 0.2) is 54.9 Å². The van der Waals surface area contributed by atoms with E-state index in [1.165, 1.54) is 6.07 Å². The summed E-state index contributed by atoms with van der Waals surface area (Å²) in [7, 11) is 0. The molecule has 1 saturated heterocycles. The number of halogens is 1. The molecule has 3 heterocycles. The smallest absolute Gasteiger partial charge is 0.229 e. The van der Waals surface area contributed by atoms with Crippen LogP contribution < -0.4 is 16.0 Å². The first-order valence-electron chi connectivity index (χ1n) is 10.4. The molecule has 0 aliphatic carbocycles. The molecular weight excluding hydrogens is 409 g/mol. The molecule has 0 amide bonds. The summed E-state index contributed by atoms with van der Waals surface area (Å²) in [4.78, 5) is 8.95. The lowest BCUT2D eigenvalue weighted by Gasteiger charge is -2.26. The summed E-state index contributed by atoms with van der Waals surface area (Å²) in [5.74, 6) is 0.720. The molecule has 3 N–H and O–H groups in total. The summed E-state index contributed by atoms with van der Waals surface area (Å²) < 4.78 is 19.5. The lowest BCUT2D eigenvalue weighted by atomic mass is 10.0.